The summed E-state index contributed by atoms with van der Waals surface area (Å²) in [5, 5.41) is 0. The van der Waals surface area contributed by atoms with Crippen LogP contribution >= 0.6 is 0 Å². The average molecular weight is 272 g/mol. The minimum absolute atomic E-state index is 0.145. The van der Waals surface area contributed by atoms with E-state index in [1.54, 1.807) is 18.3 Å². The summed E-state index contributed by atoms with van der Waals surface area (Å²) in [6.45, 7) is 3.44. The number of ketones is 1. The Morgan fingerprint density at radius 2 is 1.95 bits per heavy atom. The van der Waals surface area contributed by atoms with Gasteiger partial charge in [0.15, 0.2) is 5.78 Å². The molecule has 0 radical (unpaired) electrons. The molecular formula is C16H17FN2O. The van der Waals surface area contributed by atoms with E-state index in [1.165, 1.54) is 12.1 Å². The molecule has 0 fully saturated rings. The minimum Gasteiger partial charge on any atom is -0.293 e. The van der Waals surface area contributed by atoms with Crippen molar-refractivity contribution in [1.29, 1.82) is 0 Å². The van der Waals surface area contributed by atoms with Gasteiger partial charge in [-0.3, -0.25) is 14.7 Å². The number of Topliss-reactive ketones (excluding diaryl/α,β-unsaturated/α-hetero) is 1. The van der Waals surface area contributed by atoms with Crippen molar-refractivity contribution in [2.75, 3.05) is 13.1 Å². The number of pyridine rings is 1. The maximum Gasteiger partial charge on any atom is 0.179 e. The molecule has 0 amide bonds. The van der Waals surface area contributed by atoms with Gasteiger partial charge in [-0.2, -0.15) is 0 Å². The van der Waals surface area contributed by atoms with Crippen molar-refractivity contribution < 1.29 is 9.18 Å². The summed E-state index contributed by atoms with van der Waals surface area (Å²) in [7, 11) is 0. The van der Waals surface area contributed by atoms with E-state index in [9.17, 15) is 9.18 Å². The van der Waals surface area contributed by atoms with Gasteiger partial charge in [-0.1, -0.05) is 25.1 Å². The van der Waals surface area contributed by atoms with Crippen LogP contribution in [0.3, 0.4) is 0 Å². The highest BCUT2D eigenvalue weighted by Gasteiger charge is 2.15. The number of carbonyl (C=O) groups excluding carboxylic acids is 1. The summed E-state index contributed by atoms with van der Waals surface area (Å²) in [4.78, 5) is 18.3. The van der Waals surface area contributed by atoms with Gasteiger partial charge in [-0.05, 0) is 30.8 Å². The first-order chi connectivity index (χ1) is 9.70. The number of rotatable bonds is 6. The third-order valence-electron chi connectivity index (χ3n) is 3.10. The lowest BCUT2D eigenvalue weighted by Crippen LogP contribution is -2.30. The van der Waals surface area contributed by atoms with Crippen LogP contribution in [0.5, 0.6) is 0 Å². The smallest absolute Gasteiger partial charge is 0.179 e. The lowest BCUT2D eigenvalue weighted by atomic mass is 10.1. The Balaban J connectivity index is 2.03. The van der Waals surface area contributed by atoms with Gasteiger partial charge in [0, 0.05) is 12.7 Å². The summed E-state index contributed by atoms with van der Waals surface area (Å²) in [6, 6.07) is 11.8. The fraction of sp³-hybridized carbons (Fsp3) is 0.250. The third-order valence-corrected chi connectivity index (χ3v) is 3.10. The molecule has 2 aromatic rings. The monoisotopic (exact) mass is 272 g/mol. The second-order valence-electron chi connectivity index (χ2n) is 4.53. The summed E-state index contributed by atoms with van der Waals surface area (Å²) in [5.74, 6) is -0.674. The number of halogens is 1. The quantitative estimate of drug-likeness (QED) is 0.758. The van der Waals surface area contributed by atoms with Gasteiger partial charge in [0.2, 0.25) is 0 Å². The first-order valence-electron chi connectivity index (χ1n) is 6.60. The van der Waals surface area contributed by atoms with Crippen LogP contribution < -0.4 is 0 Å². The summed E-state index contributed by atoms with van der Waals surface area (Å²) in [6.07, 6.45) is 1.72. The van der Waals surface area contributed by atoms with Crippen molar-refractivity contribution >= 4 is 5.78 Å². The molecule has 0 bridgehead atoms. The molecule has 2 rings (SSSR count). The van der Waals surface area contributed by atoms with E-state index in [0.29, 0.717) is 13.1 Å². The number of benzene rings is 1. The molecule has 104 valence electrons. The fourth-order valence-corrected chi connectivity index (χ4v) is 1.98. The zero-order chi connectivity index (χ0) is 14.4. The number of hydrogen-bond acceptors (Lipinski definition) is 3. The molecule has 1 heterocycles. The second-order valence-corrected chi connectivity index (χ2v) is 4.53. The molecule has 0 N–H and O–H groups in total. The van der Waals surface area contributed by atoms with E-state index in [-0.39, 0.29) is 17.9 Å². The van der Waals surface area contributed by atoms with Crippen molar-refractivity contribution in [2.24, 2.45) is 0 Å². The summed E-state index contributed by atoms with van der Waals surface area (Å²) >= 11 is 0. The predicted molar refractivity (Wildman–Crippen MR) is 75.9 cm³/mol. The molecular weight excluding hydrogens is 255 g/mol. The summed E-state index contributed by atoms with van der Waals surface area (Å²) in [5.41, 5.74) is 1.04. The molecule has 1 aromatic heterocycles. The number of nitrogens with zero attached hydrogens (tertiary/aromatic N) is 2. The van der Waals surface area contributed by atoms with Crippen LogP contribution in [0.25, 0.3) is 0 Å². The van der Waals surface area contributed by atoms with E-state index in [0.717, 1.165) is 5.69 Å². The molecule has 20 heavy (non-hydrogen) atoms. The topological polar surface area (TPSA) is 33.2 Å². The zero-order valence-corrected chi connectivity index (χ0v) is 11.4. The normalized spacial score (nSPS) is 10.8. The maximum atomic E-state index is 13.6. The van der Waals surface area contributed by atoms with Crippen molar-refractivity contribution in [3.05, 3.63) is 65.7 Å². The standard InChI is InChI=1S/C16H17FN2O/c1-2-19(11-13-7-5-6-10-18-13)12-16(20)14-8-3-4-9-15(14)17/h3-10H,2,11-12H2,1H3. The zero-order valence-electron chi connectivity index (χ0n) is 11.4. The van der Waals surface area contributed by atoms with Gasteiger partial charge < -0.3 is 0 Å². The van der Waals surface area contributed by atoms with Gasteiger partial charge in [0.1, 0.15) is 5.82 Å². The minimum atomic E-state index is -0.466. The molecule has 0 saturated heterocycles. The second kappa shape index (κ2) is 6.91. The molecule has 0 aliphatic heterocycles. The van der Waals surface area contributed by atoms with Crippen molar-refractivity contribution in [2.45, 2.75) is 13.5 Å². The Labute approximate surface area is 118 Å². The van der Waals surface area contributed by atoms with E-state index >= 15 is 0 Å². The number of likely N-dealkylation sites (N-methyl/N-ethyl adjacent to an activating group) is 1. The molecule has 0 aliphatic rings. The Morgan fingerprint density at radius 3 is 2.60 bits per heavy atom. The van der Waals surface area contributed by atoms with Gasteiger partial charge in [-0.25, -0.2) is 4.39 Å². The Hall–Kier alpha value is -2.07. The van der Waals surface area contributed by atoms with Crippen LogP contribution in [-0.2, 0) is 6.54 Å². The van der Waals surface area contributed by atoms with E-state index in [4.69, 9.17) is 0 Å². The molecule has 0 spiro atoms. The van der Waals surface area contributed by atoms with Gasteiger partial charge in [0.25, 0.3) is 0 Å². The highest BCUT2D eigenvalue weighted by atomic mass is 19.1. The van der Waals surface area contributed by atoms with Crippen LogP contribution in [0.15, 0.2) is 48.7 Å². The van der Waals surface area contributed by atoms with Crippen LogP contribution in [0.1, 0.15) is 23.0 Å². The van der Waals surface area contributed by atoms with Crippen LogP contribution in [0, 0.1) is 5.82 Å². The van der Waals surface area contributed by atoms with E-state index in [2.05, 4.69) is 4.98 Å². The predicted octanol–water partition coefficient (Wildman–Crippen LogP) is 2.93. The van der Waals surface area contributed by atoms with Crippen molar-refractivity contribution in [1.82, 2.24) is 9.88 Å². The molecule has 3 nitrogen and oxygen atoms in total. The van der Waals surface area contributed by atoms with Gasteiger partial charge in [0.05, 0.1) is 17.8 Å². The molecule has 1 aromatic carbocycles. The van der Waals surface area contributed by atoms with Crippen molar-refractivity contribution in [3.63, 3.8) is 0 Å². The molecule has 0 saturated carbocycles. The first-order valence-corrected chi connectivity index (χ1v) is 6.60. The lowest BCUT2D eigenvalue weighted by Gasteiger charge is -2.19. The molecule has 0 unspecified atom stereocenters. The Bertz CT molecular complexity index is 572. The number of aromatic nitrogens is 1. The molecule has 0 aliphatic carbocycles. The fourth-order valence-electron chi connectivity index (χ4n) is 1.98. The highest BCUT2D eigenvalue weighted by molar-refractivity contribution is 5.97. The van der Waals surface area contributed by atoms with E-state index < -0.39 is 5.82 Å². The highest BCUT2D eigenvalue weighted by Crippen LogP contribution is 2.09. The number of carbonyl (C=O) groups is 1. The number of hydrogen-bond donors (Lipinski definition) is 0. The Kier molecular flexibility index (Phi) is 4.96. The van der Waals surface area contributed by atoms with Crippen LogP contribution in [0.4, 0.5) is 4.39 Å². The SMILES string of the molecule is CCN(CC(=O)c1ccccc1F)Cc1ccccn1. The average Bonchev–Trinajstić information content (AvgIpc) is 2.48. The largest absolute Gasteiger partial charge is 0.293 e. The molecule has 4 heteroatoms. The van der Waals surface area contributed by atoms with Crippen LogP contribution in [-0.4, -0.2) is 28.8 Å². The lowest BCUT2D eigenvalue weighted by molar-refractivity contribution is 0.0925. The first kappa shape index (κ1) is 14.3. The maximum absolute atomic E-state index is 13.6. The Morgan fingerprint density at radius 1 is 1.20 bits per heavy atom. The third kappa shape index (κ3) is 3.71. The van der Waals surface area contributed by atoms with Gasteiger partial charge in [-0.15, -0.1) is 0 Å². The van der Waals surface area contributed by atoms with E-state index in [1.807, 2.05) is 30.0 Å². The summed E-state index contributed by atoms with van der Waals surface area (Å²) < 4.78 is 13.6. The van der Waals surface area contributed by atoms with Gasteiger partial charge >= 0.3 is 0 Å². The molecule has 0 atom stereocenters. The van der Waals surface area contributed by atoms with Crippen molar-refractivity contribution in [3.8, 4) is 0 Å². The van der Waals surface area contributed by atoms with Crippen LogP contribution in [0.2, 0.25) is 0 Å².